The molecule has 2 aliphatic heterocycles. The largest absolute Gasteiger partial charge is 1.00 e. The first kappa shape index (κ1) is 39.2. The summed E-state index contributed by atoms with van der Waals surface area (Å²) in [5.41, 5.74) is 8.63. The van der Waals surface area contributed by atoms with E-state index in [1.165, 1.54) is 0 Å². The molecule has 0 bridgehead atoms. The molecule has 2 heterocycles. The zero-order valence-corrected chi connectivity index (χ0v) is 25.0. The van der Waals surface area contributed by atoms with Gasteiger partial charge in [0.1, 0.15) is 0 Å². The third-order valence-corrected chi connectivity index (χ3v) is 7.08. The van der Waals surface area contributed by atoms with Crippen molar-refractivity contribution in [2.24, 2.45) is 11.5 Å². The molecule has 0 amide bonds. The fourth-order valence-corrected chi connectivity index (χ4v) is 3.72. The molecule has 2 atom stereocenters. The summed E-state index contributed by atoms with van der Waals surface area (Å²) in [7, 11) is -8.50. The van der Waals surface area contributed by atoms with Crippen molar-refractivity contribution in [3.63, 3.8) is 0 Å². The van der Waals surface area contributed by atoms with Gasteiger partial charge >= 0.3 is 40.2 Å². The number of ether oxygens (including phenoxy) is 2. The van der Waals surface area contributed by atoms with Crippen molar-refractivity contribution in [3.05, 3.63) is 6.54 Å². The molecule has 0 aromatic heterocycles. The summed E-state index contributed by atoms with van der Waals surface area (Å²) in [5, 5.41) is 8.93. The molecule has 200 valence electrons. The van der Waals surface area contributed by atoms with Crippen LogP contribution in [0, 0.1) is 6.54 Å². The topological polar surface area (TPSA) is 225 Å². The molecule has 2 fully saturated rings. The molecule has 34 heavy (non-hydrogen) atoms. The van der Waals surface area contributed by atoms with Crippen LogP contribution >= 0.6 is 12.4 Å². The first-order chi connectivity index (χ1) is 14.5. The van der Waals surface area contributed by atoms with Crippen molar-refractivity contribution in [1.29, 1.82) is 0 Å². The van der Waals surface area contributed by atoms with Gasteiger partial charge < -0.3 is 26.0 Å². The quantitative estimate of drug-likeness (QED) is 0.0989. The number of rotatable bonds is 9. The van der Waals surface area contributed by atoms with E-state index < -0.39 is 42.7 Å². The van der Waals surface area contributed by atoms with Crippen molar-refractivity contribution in [3.8, 4) is 0 Å². The Bertz CT molecular complexity index is 810. The van der Waals surface area contributed by atoms with Gasteiger partial charge in [0, 0.05) is 0 Å². The van der Waals surface area contributed by atoms with Crippen LogP contribution in [0.3, 0.4) is 0 Å². The number of nitrogens with two attached hydrogens (primary N) is 2. The molecule has 2 rings (SSSR count). The van der Waals surface area contributed by atoms with Gasteiger partial charge in [-0.1, -0.05) is 6.42 Å². The van der Waals surface area contributed by atoms with Crippen molar-refractivity contribution >= 4 is 44.1 Å². The second kappa shape index (κ2) is 17.3. The van der Waals surface area contributed by atoms with Gasteiger partial charge in [0.05, 0.1) is 53.2 Å². The molecule has 2 saturated heterocycles. The number of aliphatic hydroxyl groups excluding tert-OH is 1. The molecule has 7 N–H and O–H groups in total. The van der Waals surface area contributed by atoms with Crippen LogP contribution in [0.1, 0.15) is 46.5 Å². The van der Waals surface area contributed by atoms with Gasteiger partial charge in [0.25, 0.3) is 10.1 Å². The average molecular weight is 584 g/mol. The van der Waals surface area contributed by atoms with Gasteiger partial charge in [-0.2, -0.15) is 14.8 Å². The van der Waals surface area contributed by atoms with E-state index in [9.17, 15) is 12.6 Å². The monoisotopic (exact) mass is 583 g/mol. The predicted octanol–water partition coefficient (Wildman–Crippen LogP) is -4.17. The second-order valence-corrected chi connectivity index (χ2v) is 12.5. The van der Waals surface area contributed by atoms with Crippen LogP contribution in [0.25, 0.3) is 0 Å². The third kappa shape index (κ3) is 16.5. The molecule has 0 aliphatic carbocycles. The first-order valence-corrected chi connectivity index (χ1v) is 13.2. The normalized spacial score (nSPS) is 19.5. The molecular formula is C16H35ClN3NaO10S3. The van der Waals surface area contributed by atoms with Crippen LogP contribution in [0.2, 0.25) is 0 Å². The molecular weight excluding hydrogens is 549 g/mol. The zero-order valence-electron chi connectivity index (χ0n) is 19.8. The Morgan fingerprint density at radius 2 is 1.53 bits per heavy atom. The van der Waals surface area contributed by atoms with Gasteiger partial charge in [0.15, 0.2) is 5.44 Å². The summed E-state index contributed by atoms with van der Waals surface area (Å²) < 4.78 is 79.4. The zero-order chi connectivity index (χ0) is 25.2. The maximum absolute atomic E-state index is 11.9. The maximum atomic E-state index is 11.9. The molecule has 0 aromatic rings. The number of hydrogen-bond donors (Lipinski definition) is 5. The van der Waals surface area contributed by atoms with Gasteiger partial charge in [-0.05, 0) is 33.6 Å². The first-order valence-electron chi connectivity index (χ1n) is 9.55. The Balaban J connectivity index is -0.000000468. The van der Waals surface area contributed by atoms with Crippen LogP contribution in [0.5, 0.6) is 0 Å². The second-order valence-electron chi connectivity index (χ2n) is 8.60. The standard InChI is InChI=1S/C10H21N2O2S.C6H13NO5S.ClH.Na.O3S/c1-9(2,3)15(13)12-10(5-4-6-11)7-14-8-10;7-6(3-12-4-6)2-1-5(8)13(9,10)11;;;1-4(2)3/h6,12H,4-5,7-8,11H2,1-3H3;5,8H,1-4,7H2,(H,9,10,11);1H;;/q-1;;;+1;. The minimum absolute atomic E-state index is 0. The SMILES string of the molecule is CC(C)(C)S(=O)NC1(CC[CH-]N)COC1.Cl.NC1(CCC(O)S(=O)(=O)O)COC1.O=S(=O)=O.[Na+]. The smallest absolute Gasteiger partial charge is 0.483 e. The third-order valence-electron chi connectivity index (χ3n) is 4.42. The summed E-state index contributed by atoms with van der Waals surface area (Å²) in [6, 6.07) is 0. The molecule has 0 saturated carbocycles. The van der Waals surface area contributed by atoms with E-state index in [-0.39, 0.29) is 58.7 Å². The Morgan fingerprint density at radius 3 is 1.79 bits per heavy atom. The molecule has 2 unspecified atom stereocenters. The van der Waals surface area contributed by atoms with Crippen LogP contribution < -0.4 is 45.7 Å². The Morgan fingerprint density at radius 1 is 1.09 bits per heavy atom. The number of nitrogens with one attached hydrogen (secondary N) is 1. The molecule has 0 spiro atoms. The van der Waals surface area contributed by atoms with Crippen molar-refractivity contribution in [1.82, 2.24) is 4.72 Å². The fraction of sp³-hybridized carbons (Fsp3) is 0.938. The van der Waals surface area contributed by atoms with E-state index in [4.69, 9.17) is 43.2 Å². The fourth-order valence-electron chi connectivity index (χ4n) is 2.38. The van der Waals surface area contributed by atoms with Crippen molar-refractivity contribution in [2.45, 2.75) is 67.7 Å². The molecule has 2 aliphatic rings. The number of hydrogen-bond acceptors (Lipinski definition) is 11. The van der Waals surface area contributed by atoms with Crippen LogP contribution in [0.4, 0.5) is 0 Å². The van der Waals surface area contributed by atoms with Gasteiger partial charge in [0.2, 0.25) is 0 Å². The van der Waals surface area contributed by atoms with Crippen LogP contribution in [-0.2, 0) is 41.2 Å². The van der Waals surface area contributed by atoms with E-state index in [1.807, 2.05) is 20.8 Å². The van der Waals surface area contributed by atoms with Gasteiger partial charge in [-0.25, -0.2) is 8.93 Å². The Kier molecular flexibility index (Phi) is 19.9. The molecule has 13 nitrogen and oxygen atoms in total. The predicted molar refractivity (Wildman–Crippen MR) is 124 cm³/mol. The minimum atomic E-state index is -4.35. The van der Waals surface area contributed by atoms with Gasteiger partial charge in [-0.15, -0.1) is 25.0 Å². The minimum Gasteiger partial charge on any atom is -0.483 e. The summed E-state index contributed by atoms with van der Waals surface area (Å²) in [6.45, 7) is 9.50. The summed E-state index contributed by atoms with van der Waals surface area (Å²) in [6.07, 6.45) is 1.94. The Hall–Kier alpha value is 0.730. The molecule has 0 radical (unpaired) electrons. The molecule has 18 heteroatoms. The number of aliphatic hydroxyl groups is 1. The van der Waals surface area contributed by atoms with Gasteiger partial charge in [-0.3, -0.25) is 11.1 Å². The van der Waals surface area contributed by atoms with E-state index in [1.54, 1.807) is 6.54 Å². The van der Waals surface area contributed by atoms with E-state index in [0.29, 0.717) is 32.8 Å². The van der Waals surface area contributed by atoms with Crippen LogP contribution in [-0.4, -0.2) is 82.6 Å². The summed E-state index contributed by atoms with van der Waals surface area (Å²) >= 11 is 0. The summed E-state index contributed by atoms with van der Waals surface area (Å²) in [5.74, 6) is 0. The van der Waals surface area contributed by atoms with Crippen molar-refractivity contribution in [2.75, 3.05) is 26.4 Å². The van der Waals surface area contributed by atoms with E-state index in [2.05, 4.69) is 4.72 Å². The average Bonchev–Trinajstić information content (AvgIpc) is 2.58. The summed E-state index contributed by atoms with van der Waals surface area (Å²) in [4.78, 5) is 0. The van der Waals surface area contributed by atoms with Crippen molar-refractivity contribution < 1.29 is 73.9 Å². The van der Waals surface area contributed by atoms with E-state index in [0.717, 1.165) is 12.8 Å². The molecule has 0 aromatic carbocycles. The van der Waals surface area contributed by atoms with E-state index >= 15 is 0 Å². The number of halogens is 1. The maximum Gasteiger partial charge on any atom is 1.00 e. The Labute approximate surface area is 233 Å². The van der Waals surface area contributed by atoms with Crippen LogP contribution in [0.15, 0.2) is 0 Å².